The Kier molecular flexibility index (Phi) is 4.92. The number of nitrogens with zero attached hydrogens (tertiary/aromatic N) is 1. The largest absolute Gasteiger partial charge is 0.393 e. The molecule has 0 amide bonds. The van der Waals surface area contributed by atoms with Crippen LogP contribution in [0.2, 0.25) is 0 Å². The third-order valence-electron chi connectivity index (χ3n) is 3.51. The molecule has 1 atom stereocenters. The van der Waals surface area contributed by atoms with E-state index in [0.717, 1.165) is 24.8 Å². The lowest BCUT2D eigenvalue weighted by atomic mass is 9.96. The lowest BCUT2D eigenvalue weighted by Gasteiger charge is -2.22. The van der Waals surface area contributed by atoms with Gasteiger partial charge in [-0.1, -0.05) is 6.08 Å². The van der Waals surface area contributed by atoms with E-state index in [1.165, 1.54) is 17.2 Å². The van der Waals surface area contributed by atoms with Crippen LogP contribution < -0.4 is 11.2 Å². The van der Waals surface area contributed by atoms with E-state index in [1.807, 2.05) is 0 Å². The van der Waals surface area contributed by atoms with E-state index in [1.54, 1.807) is 6.92 Å². The van der Waals surface area contributed by atoms with Crippen molar-refractivity contribution in [2.24, 2.45) is 0 Å². The molecule has 1 unspecified atom stereocenters. The van der Waals surface area contributed by atoms with E-state index in [9.17, 15) is 14.7 Å². The molecule has 0 aromatic carbocycles. The number of H-pyrrole nitrogens is 1. The molecule has 6 nitrogen and oxygen atoms in total. The van der Waals surface area contributed by atoms with Crippen molar-refractivity contribution in [1.29, 1.82) is 0 Å². The molecule has 0 fully saturated rings. The monoisotopic (exact) mass is 280 g/mol. The minimum Gasteiger partial charge on any atom is -0.393 e. The molecule has 6 heteroatoms. The number of ether oxygens (including phenoxy) is 1. The van der Waals surface area contributed by atoms with Crippen LogP contribution in [-0.2, 0) is 11.5 Å². The zero-order chi connectivity index (χ0) is 14.5. The molecule has 0 bridgehead atoms. The first-order valence-electron chi connectivity index (χ1n) is 6.83. The fourth-order valence-electron chi connectivity index (χ4n) is 2.32. The maximum Gasteiger partial charge on any atom is 0.330 e. The Balaban J connectivity index is 2.07. The van der Waals surface area contributed by atoms with Crippen molar-refractivity contribution in [2.75, 3.05) is 6.61 Å². The van der Waals surface area contributed by atoms with Crippen molar-refractivity contribution < 1.29 is 9.84 Å². The normalized spacial score (nSPS) is 16.8. The Morgan fingerprint density at radius 1 is 1.45 bits per heavy atom. The lowest BCUT2D eigenvalue weighted by molar-refractivity contribution is -0.00745. The summed E-state index contributed by atoms with van der Waals surface area (Å²) < 4.78 is 6.91. The molecule has 0 aliphatic heterocycles. The number of nitrogens with one attached hydrogen (secondary N) is 1. The molecule has 2 rings (SSSR count). The minimum atomic E-state index is -0.505. The number of aromatic amines is 1. The van der Waals surface area contributed by atoms with Crippen molar-refractivity contribution >= 4 is 0 Å². The number of rotatable bonds is 5. The highest BCUT2D eigenvalue weighted by Crippen LogP contribution is 2.22. The highest BCUT2D eigenvalue weighted by molar-refractivity contribution is 5.11. The van der Waals surface area contributed by atoms with Gasteiger partial charge in [0.2, 0.25) is 0 Å². The number of aryl methyl sites for hydroxylation is 1. The molecule has 1 aromatic heterocycles. The van der Waals surface area contributed by atoms with Crippen LogP contribution in [0.5, 0.6) is 0 Å². The van der Waals surface area contributed by atoms with Crippen LogP contribution in [0.1, 0.15) is 31.2 Å². The van der Waals surface area contributed by atoms with Crippen LogP contribution in [-0.4, -0.2) is 27.4 Å². The number of hydrogen-bond donors (Lipinski definition) is 2. The van der Waals surface area contributed by atoms with Crippen molar-refractivity contribution in [3.8, 4) is 0 Å². The summed E-state index contributed by atoms with van der Waals surface area (Å²) in [6.07, 6.45) is 7.38. The quantitative estimate of drug-likeness (QED) is 0.777. The highest BCUT2D eigenvalue weighted by atomic mass is 16.5. The van der Waals surface area contributed by atoms with Crippen LogP contribution in [0.15, 0.2) is 27.4 Å². The van der Waals surface area contributed by atoms with Gasteiger partial charge < -0.3 is 9.84 Å². The third-order valence-corrected chi connectivity index (χ3v) is 3.51. The molecule has 2 N–H and O–H groups in total. The molecule has 0 spiro atoms. The molecule has 110 valence electrons. The average molecular weight is 280 g/mol. The number of allylic oxidation sites excluding steroid dienone is 1. The number of hydrogen-bond acceptors (Lipinski definition) is 4. The highest BCUT2D eigenvalue weighted by Gasteiger charge is 2.16. The molecule has 0 saturated heterocycles. The summed E-state index contributed by atoms with van der Waals surface area (Å²) >= 11 is 0. The van der Waals surface area contributed by atoms with Gasteiger partial charge in [-0.25, -0.2) is 4.79 Å². The maximum atomic E-state index is 11.6. The van der Waals surface area contributed by atoms with Crippen LogP contribution in [0.25, 0.3) is 0 Å². The van der Waals surface area contributed by atoms with Crippen molar-refractivity contribution in [2.45, 2.75) is 45.4 Å². The summed E-state index contributed by atoms with van der Waals surface area (Å²) in [6, 6.07) is 0. The summed E-state index contributed by atoms with van der Waals surface area (Å²) in [7, 11) is 0. The SMILES string of the molecule is Cc1cn(COC(CO)C2=CCCCC2)c(=O)[nH]c1=O. The van der Waals surface area contributed by atoms with Gasteiger partial charge in [-0.2, -0.15) is 0 Å². The molecule has 1 aliphatic rings. The minimum absolute atomic E-state index is 0.0129. The maximum absolute atomic E-state index is 11.6. The summed E-state index contributed by atoms with van der Waals surface area (Å²) in [5.74, 6) is 0. The van der Waals surface area contributed by atoms with Gasteiger partial charge in [0.15, 0.2) is 0 Å². The summed E-state index contributed by atoms with van der Waals surface area (Å²) in [6.45, 7) is 1.53. The fourth-order valence-corrected chi connectivity index (χ4v) is 2.32. The zero-order valence-electron chi connectivity index (χ0n) is 11.6. The second kappa shape index (κ2) is 6.67. The van der Waals surface area contributed by atoms with Crippen molar-refractivity contribution in [1.82, 2.24) is 9.55 Å². The molecular formula is C14H20N2O4. The van der Waals surface area contributed by atoms with E-state index in [-0.39, 0.29) is 25.0 Å². The van der Waals surface area contributed by atoms with Crippen LogP contribution in [0, 0.1) is 6.92 Å². The molecular weight excluding hydrogens is 260 g/mol. The summed E-state index contributed by atoms with van der Waals surface area (Å²) in [5.41, 5.74) is 0.647. The fraction of sp³-hybridized carbons (Fsp3) is 0.571. The van der Waals surface area contributed by atoms with Crippen LogP contribution in [0.3, 0.4) is 0 Å². The Hall–Kier alpha value is -1.66. The Labute approximate surface area is 116 Å². The molecule has 1 aromatic rings. The number of aromatic nitrogens is 2. The van der Waals surface area contributed by atoms with Gasteiger partial charge in [0, 0.05) is 11.8 Å². The Morgan fingerprint density at radius 2 is 2.25 bits per heavy atom. The zero-order valence-corrected chi connectivity index (χ0v) is 11.6. The van der Waals surface area contributed by atoms with E-state index >= 15 is 0 Å². The van der Waals surface area contributed by atoms with Gasteiger partial charge in [-0.15, -0.1) is 0 Å². The topological polar surface area (TPSA) is 84.3 Å². The van der Waals surface area contributed by atoms with E-state index in [2.05, 4.69) is 11.1 Å². The van der Waals surface area contributed by atoms with Gasteiger partial charge in [-0.3, -0.25) is 14.3 Å². The predicted octanol–water partition coefficient (Wildman–Crippen LogP) is 0.680. The summed E-state index contributed by atoms with van der Waals surface area (Å²) in [5, 5.41) is 9.41. The first-order chi connectivity index (χ1) is 9.61. The van der Waals surface area contributed by atoms with Gasteiger partial charge in [0.25, 0.3) is 5.56 Å². The van der Waals surface area contributed by atoms with Gasteiger partial charge >= 0.3 is 5.69 Å². The molecule has 20 heavy (non-hydrogen) atoms. The van der Waals surface area contributed by atoms with Crippen molar-refractivity contribution in [3.05, 3.63) is 44.2 Å². The number of aliphatic hydroxyl groups is 1. The standard InChI is InChI=1S/C14H20N2O4/c1-10-7-16(14(19)15-13(10)18)9-20-12(8-17)11-5-3-2-4-6-11/h5,7,12,17H,2-4,6,8-9H2,1H3,(H,15,18,19). The predicted molar refractivity (Wildman–Crippen MR) is 74.6 cm³/mol. The van der Waals surface area contributed by atoms with E-state index in [4.69, 9.17) is 4.74 Å². The Morgan fingerprint density at radius 3 is 2.90 bits per heavy atom. The smallest absolute Gasteiger partial charge is 0.330 e. The van der Waals surface area contributed by atoms with Gasteiger partial charge in [-0.05, 0) is 38.2 Å². The molecule has 1 heterocycles. The summed E-state index contributed by atoms with van der Waals surface area (Å²) in [4.78, 5) is 25.1. The van der Waals surface area contributed by atoms with Gasteiger partial charge in [0.1, 0.15) is 12.8 Å². The van der Waals surface area contributed by atoms with E-state index in [0.29, 0.717) is 5.56 Å². The van der Waals surface area contributed by atoms with Gasteiger partial charge in [0.05, 0.1) is 6.61 Å². The number of aliphatic hydroxyl groups excluding tert-OH is 1. The van der Waals surface area contributed by atoms with Crippen molar-refractivity contribution in [3.63, 3.8) is 0 Å². The average Bonchev–Trinajstić information content (AvgIpc) is 2.46. The van der Waals surface area contributed by atoms with E-state index < -0.39 is 5.69 Å². The molecule has 0 saturated carbocycles. The second-order valence-electron chi connectivity index (χ2n) is 5.03. The lowest BCUT2D eigenvalue weighted by Crippen LogP contribution is -2.33. The first kappa shape index (κ1) is 14.7. The van der Waals surface area contributed by atoms with Crippen LogP contribution >= 0.6 is 0 Å². The first-order valence-corrected chi connectivity index (χ1v) is 6.83. The Bertz CT molecular complexity index is 600. The molecule has 1 aliphatic carbocycles. The molecule has 0 radical (unpaired) electrons. The van der Waals surface area contributed by atoms with Crippen LogP contribution in [0.4, 0.5) is 0 Å². The second-order valence-corrected chi connectivity index (χ2v) is 5.03. The third kappa shape index (κ3) is 3.46.